The molecule has 4 nitrogen and oxygen atoms in total. The van der Waals surface area contributed by atoms with E-state index >= 15 is 0 Å². The number of likely N-dealkylation sites (tertiary alicyclic amines) is 1. The fraction of sp³-hybridized carbons (Fsp3) is 0.533. The normalized spacial score (nSPS) is 26.5. The van der Waals surface area contributed by atoms with Gasteiger partial charge >= 0.3 is 5.97 Å². The number of aliphatic carboxylic acids is 1. The van der Waals surface area contributed by atoms with E-state index in [1.807, 2.05) is 32.0 Å². The van der Waals surface area contributed by atoms with Crippen LogP contribution in [0.5, 0.6) is 0 Å². The molecule has 0 amide bonds. The minimum atomic E-state index is -0.822. The SMILES string of the molecule is CC1(C)N(Cc2ccccc2)CCC1(N)CC(=O)O. The van der Waals surface area contributed by atoms with E-state index in [-0.39, 0.29) is 12.0 Å². The van der Waals surface area contributed by atoms with Gasteiger partial charge < -0.3 is 10.8 Å². The van der Waals surface area contributed by atoms with Crippen LogP contribution in [0.1, 0.15) is 32.3 Å². The largest absolute Gasteiger partial charge is 0.481 e. The first-order chi connectivity index (χ1) is 8.85. The van der Waals surface area contributed by atoms with E-state index in [9.17, 15) is 4.79 Å². The summed E-state index contributed by atoms with van der Waals surface area (Å²) in [6, 6.07) is 10.2. The van der Waals surface area contributed by atoms with Crippen LogP contribution in [0.3, 0.4) is 0 Å². The highest BCUT2D eigenvalue weighted by Crippen LogP contribution is 2.39. The average molecular weight is 262 g/mol. The molecule has 0 saturated carbocycles. The first kappa shape index (κ1) is 14.0. The molecule has 1 atom stereocenters. The molecule has 3 N–H and O–H groups in total. The Morgan fingerprint density at radius 2 is 2.00 bits per heavy atom. The van der Waals surface area contributed by atoms with E-state index in [1.165, 1.54) is 5.56 Å². The second-order valence-corrected chi connectivity index (χ2v) is 5.94. The monoisotopic (exact) mass is 262 g/mol. The summed E-state index contributed by atoms with van der Waals surface area (Å²) in [6.45, 7) is 5.75. The van der Waals surface area contributed by atoms with Crippen molar-refractivity contribution in [1.29, 1.82) is 0 Å². The Kier molecular flexibility index (Phi) is 3.65. The summed E-state index contributed by atoms with van der Waals surface area (Å²) in [6.07, 6.45) is 0.740. The van der Waals surface area contributed by atoms with Gasteiger partial charge in [-0.3, -0.25) is 9.69 Å². The molecule has 1 unspecified atom stereocenters. The number of nitrogens with zero attached hydrogens (tertiary/aromatic N) is 1. The molecular weight excluding hydrogens is 240 g/mol. The smallest absolute Gasteiger partial charge is 0.305 e. The van der Waals surface area contributed by atoms with Gasteiger partial charge in [0.25, 0.3) is 0 Å². The molecule has 4 heteroatoms. The summed E-state index contributed by atoms with van der Waals surface area (Å²) in [7, 11) is 0. The molecule has 0 aromatic heterocycles. The second kappa shape index (κ2) is 4.94. The summed E-state index contributed by atoms with van der Waals surface area (Å²) in [5.41, 5.74) is 6.61. The number of carbonyl (C=O) groups is 1. The molecule has 104 valence electrons. The summed E-state index contributed by atoms with van der Waals surface area (Å²) in [5.74, 6) is -0.822. The topological polar surface area (TPSA) is 66.6 Å². The minimum absolute atomic E-state index is 0.0191. The molecule has 1 heterocycles. The van der Waals surface area contributed by atoms with Crippen molar-refractivity contribution in [2.24, 2.45) is 5.73 Å². The third kappa shape index (κ3) is 2.65. The Morgan fingerprint density at radius 1 is 1.37 bits per heavy atom. The Hall–Kier alpha value is -1.39. The van der Waals surface area contributed by atoms with Gasteiger partial charge in [-0.05, 0) is 25.8 Å². The zero-order chi connectivity index (χ0) is 14.1. The van der Waals surface area contributed by atoms with Crippen LogP contribution >= 0.6 is 0 Å². The lowest BCUT2D eigenvalue weighted by molar-refractivity contribution is -0.139. The molecule has 1 aliphatic heterocycles. The van der Waals surface area contributed by atoms with Gasteiger partial charge in [0, 0.05) is 24.2 Å². The molecule has 0 radical (unpaired) electrons. The van der Waals surface area contributed by atoms with E-state index in [4.69, 9.17) is 10.8 Å². The van der Waals surface area contributed by atoms with E-state index in [2.05, 4.69) is 17.0 Å². The van der Waals surface area contributed by atoms with Crippen LogP contribution in [0, 0.1) is 0 Å². The van der Waals surface area contributed by atoms with Gasteiger partial charge in [-0.1, -0.05) is 30.3 Å². The van der Waals surface area contributed by atoms with Crippen molar-refractivity contribution in [3.8, 4) is 0 Å². The molecule has 1 aromatic carbocycles. The van der Waals surface area contributed by atoms with Gasteiger partial charge in [0.2, 0.25) is 0 Å². The minimum Gasteiger partial charge on any atom is -0.481 e. The van der Waals surface area contributed by atoms with Crippen LogP contribution in [0.15, 0.2) is 30.3 Å². The highest BCUT2D eigenvalue weighted by molar-refractivity contribution is 5.69. The predicted molar refractivity (Wildman–Crippen MR) is 74.7 cm³/mol. The van der Waals surface area contributed by atoms with Gasteiger partial charge in [0.1, 0.15) is 0 Å². The summed E-state index contributed by atoms with van der Waals surface area (Å²) in [5, 5.41) is 9.05. The number of rotatable bonds is 4. The Bertz CT molecular complexity index is 458. The van der Waals surface area contributed by atoms with Crippen LogP contribution in [0.25, 0.3) is 0 Å². The lowest BCUT2D eigenvalue weighted by atomic mass is 9.78. The lowest BCUT2D eigenvalue weighted by Gasteiger charge is -2.42. The lowest BCUT2D eigenvalue weighted by Crippen LogP contribution is -2.59. The highest BCUT2D eigenvalue weighted by Gasteiger charge is 2.51. The number of hydrogen-bond acceptors (Lipinski definition) is 3. The van der Waals surface area contributed by atoms with Crippen LogP contribution in [0.4, 0.5) is 0 Å². The number of nitrogens with two attached hydrogens (primary N) is 1. The Balaban J connectivity index is 2.15. The second-order valence-electron chi connectivity index (χ2n) is 5.94. The van der Waals surface area contributed by atoms with Gasteiger partial charge in [-0.2, -0.15) is 0 Å². The number of carboxylic acids is 1. The number of benzene rings is 1. The van der Waals surface area contributed by atoms with Crippen LogP contribution in [-0.4, -0.2) is 33.6 Å². The molecule has 0 bridgehead atoms. The average Bonchev–Trinajstić information content (AvgIpc) is 2.53. The van der Waals surface area contributed by atoms with Gasteiger partial charge in [0.15, 0.2) is 0 Å². The maximum atomic E-state index is 11.0. The van der Waals surface area contributed by atoms with Crippen molar-refractivity contribution in [3.63, 3.8) is 0 Å². The molecule has 0 aliphatic carbocycles. The molecule has 1 aromatic rings. The van der Waals surface area contributed by atoms with E-state index < -0.39 is 11.5 Å². The van der Waals surface area contributed by atoms with Gasteiger partial charge in [-0.25, -0.2) is 0 Å². The van der Waals surface area contributed by atoms with E-state index in [1.54, 1.807) is 0 Å². The molecular formula is C15H22N2O2. The molecule has 1 fully saturated rings. The fourth-order valence-electron chi connectivity index (χ4n) is 2.89. The Morgan fingerprint density at radius 3 is 2.58 bits per heavy atom. The van der Waals surface area contributed by atoms with Crippen LogP contribution in [-0.2, 0) is 11.3 Å². The maximum absolute atomic E-state index is 11.0. The maximum Gasteiger partial charge on any atom is 0.305 e. The molecule has 2 rings (SSSR count). The van der Waals surface area contributed by atoms with Crippen molar-refractivity contribution in [1.82, 2.24) is 4.90 Å². The zero-order valence-electron chi connectivity index (χ0n) is 11.6. The van der Waals surface area contributed by atoms with Crippen molar-refractivity contribution >= 4 is 5.97 Å². The number of carboxylic acid groups (broad SMARTS) is 1. The molecule has 0 spiro atoms. The Labute approximate surface area is 114 Å². The zero-order valence-corrected chi connectivity index (χ0v) is 11.6. The van der Waals surface area contributed by atoms with Crippen LogP contribution < -0.4 is 5.73 Å². The van der Waals surface area contributed by atoms with Crippen molar-refractivity contribution in [2.45, 2.75) is 44.3 Å². The van der Waals surface area contributed by atoms with E-state index in [0.29, 0.717) is 0 Å². The number of hydrogen-bond donors (Lipinski definition) is 2. The highest BCUT2D eigenvalue weighted by atomic mass is 16.4. The molecule has 19 heavy (non-hydrogen) atoms. The molecule has 1 saturated heterocycles. The van der Waals surface area contributed by atoms with Crippen molar-refractivity contribution < 1.29 is 9.90 Å². The predicted octanol–water partition coefficient (Wildman–Crippen LogP) is 1.84. The standard InChI is InChI=1S/C15H22N2O2/c1-14(2)15(16,10-13(18)19)8-9-17(14)11-12-6-4-3-5-7-12/h3-7H,8-11,16H2,1-2H3,(H,18,19). The first-order valence-electron chi connectivity index (χ1n) is 6.65. The van der Waals surface area contributed by atoms with E-state index in [0.717, 1.165) is 19.5 Å². The summed E-state index contributed by atoms with van der Waals surface area (Å²) < 4.78 is 0. The van der Waals surface area contributed by atoms with Crippen molar-refractivity contribution in [3.05, 3.63) is 35.9 Å². The third-order valence-electron chi connectivity index (χ3n) is 4.52. The summed E-state index contributed by atoms with van der Waals surface area (Å²) in [4.78, 5) is 13.3. The fourth-order valence-corrected chi connectivity index (χ4v) is 2.89. The van der Waals surface area contributed by atoms with Crippen LogP contribution in [0.2, 0.25) is 0 Å². The molecule has 1 aliphatic rings. The first-order valence-corrected chi connectivity index (χ1v) is 6.65. The van der Waals surface area contributed by atoms with Gasteiger partial charge in [0.05, 0.1) is 6.42 Å². The summed E-state index contributed by atoms with van der Waals surface area (Å²) >= 11 is 0. The van der Waals surface area contributed by atoms with Gasteiger partial charge in [-0.15, -0.1) is 0 Å². The quantitative estimate of drug-likeness (QED) is 0.869. The third-order valence-corrected chi connectivity index (χ3v) is 4.52. The van der Waals surface area contributed by atoms with Crippen molar-refractivity contribution in [2.75, 3.05) is 6.54 Å².